The van der Waals surface area contributed by atoms with Crippen molar-refractivity contribution in [2.45, 2.75) is 19.4 Å². The number of amides is 1. The van der Waals surface area contributed by atoms with Crippen LogP contribution in [0.25, 0.3) is 10.9 Å². The molecule has 0 atom stereocenters. The molecule has 25 heavy (non-hydrogen) atoms. The van der Waals surface area contributed by atoms with Crippen molar-refractivity contribution < 1.29 is 9.53 Å². The van der Waals surface area contributed by atoms with Crippen molar-refractivity contribution in [2.75, 3.05) is 14.2 Å². The summed E-state index contributed by atoms with van der Waals surface area (Å²) in [6.45, 7) is 0.569. The summed E-state index contributed by atoms with van der Waals surface area (Å²) in [5.74, 6) is 0.958. The topological polar surface area (TPSA) is 42.4 Å². The fourth-order valence-electron chi connectivity index (χ4n) is 2.80. The molecular weight excluding hydrogens is 312 g/mol. The minimum Gasteiger partial charge on any atom is -0.497 e. The molecule has 1 heterocycles. The zero-order valence-corrected chi connectivity index (χ0v) is 14.6. The third kappa shape index (κ3) is 4.35. The highest BCUT2D eigenvalue weighted by molar-refractivity contribution is 5.79. The number of carbonyl (C=O) groups is 1. The average molecular weight is 334 g/mol. The first-order chi connectivity index (χ1) is 12.2. The number of nitrogens with zero attached hydrogens (tertiary/aromatic N) is 2. The number of hydrogen-bond donors (Lipinski definition) is 0. The van der Waals surface area contributed by atoms with Gasteiger partial charge < -0.3 is 9.64 Å². The lowest BCUT2D eigenvalue weighted by Gasteiger charge is -2.17. The monoisotopic (exact) mass is 334 g/mol. The Morgan fingerprint density at radius 1 is 1.08 bits per heavy atom. The van der Waals surface area contributed by atoms with Crippen LogP contribution in [-0.4, -0.2) is 29.9 Å². The second-order valence-electron chi connectivity index (χ2n) is 6.13. The van der Waals surface area contributed by atoms with Crippen LogP contribution in [0.1, 0.15) is 17.5 Å². The molecular formula is C21H22N2O2. The van der Waals surface area contributed by atoms with Crippen molar-refractivity contribution >= 4 is 16.8 Å². The van der Waals surface area contributed by atoms with E-state index in [0.29, 0.717) is 13.0 Å². The van der Waals surface area contributed by atoms with E-state index >= 15 is 0 Å². The van der Waals surface area contributed by atoms with Crippen LogP contribution in [0.5, 0.6) is 5.75 Å². The minimum atomic E-state index is 0.129. The van der Waals surface area contributed by atoms with Crippen molar-refractivity contribution in [1.29, 1.82) is 0 Å². The van der Waals surface area contributed by atoms with Crippen LogP contribution < -0.4 is 4.74 Å². The van der Waals surface area contributed by atoms with Crippen LogP contribution >= 0.6 is 0 Å². The number of aryl methyl sites for hydroxylation is 1. The highest BCUT2D eigenvalue weighted by atomic mass is 16.5. The molecule has 0 aliphatic rings. The molecule has 1 amide bonds. The average Bonchev–Trinajstić information content (AvgIpc) is 2.66. The number of pyridine rings is 1. The van der Waals surface area contributed by atoms with Gasteiger partial charge in [-0.3, -0.25) is 9.78 Å². The summed E-state index contributed by atoms with van der Waals surface area (Å²) in [6, 6.07) is 17.9. The Hall–Kier alpha value is -2.88. The first-order valence-electron chi connectivity index (χ1n) is 8.36. The van der Waals surface area contributed by atoms with Gasteiger partial charge in [0.15, 0.2) is 0 Å². The molecule has 0 unspecified atom stereocenters. The maximum Gasteiger partial charge on any atom is 0.222 e. The summed E-state index contributed by atoms with van der Waals surface area (Å²) < 4.78 is 5.15. The maximum absolute atomic E-state index is 12.4. The normalized spacial score (nSPS) is 10.6. The van der Waals surface area contributed by atoms with Gasteiger partial charge in [-0.05, 0) is 41.8 Å². The Morgan fingerprint density at radius 3 is 2.60 bits per heavy atom. The second kappa shape index (κ2) is 7.79. The Labute approximate surface area is 148 Å². The van der Waals surface area contributed by atoms with E-state index in [0.717, 1.165) is 34.2 Å². The largest absolute Gasteiger partial charge is 0.497 e. The lowest BCUT2D eigenvalue weighted by Crippen LogP contribution is -2.26. The molecule has 0 saturated carbocycles. The van der Waals surface area contributed by atoms with Crippen LogP contribution in [-0.2, 0) is 17.8 Å². The minimum absolute atomic E-state index is 0.129. The number of aromatic nitrogens is 1. The zero-order chi connectivity index (χ0) is 17.6. The van der Waals surface area contributed by atoms with Gasteiger partial charge in [-0.1, -0.05) is 30.3 Å². The fraction of sp³-hybridized carbons (Fsp3) is 0.238. The van der Waals surface area contributed by atoms with Crippen molar-refractivity contribution in [1.82, 2.24) is 9.88 Å². The highest BCUT2D eigenvalue weighted by Crippen LogP contribution is 2.15. The molecule has 4 nitrogen and oxygen atoms in total. The molecule has 3 aromatic rings. The molecule has 0 aliphatic heterocycles. The molecule has 0 bridgehead atoms. The molecule has 0 fully saturated rings. The van der Waals surface area contributed by atoms with Crippen LogP contribution in [0.4, 0.5) is 0 Å². The van der Waals surface area contributed by atoms with Gasteiger partial charge >= 0.3 is 0 Å². The quantitative estimate of drug-likeness (QED) is 0.688. The summed E-state index contributed by atoms with van der Waals surface area (Å²) in [7, 11) is 3.49. The Morgan fingerprint density at radius 2 is 1.84 bits per heavy atom. The number of methoxy groups -OCH3 is 1. The van der Waals surface area contributed by atoms with E-state index < -0.39 is 0 Å². The summed E-state index contributed by atoms with van der Waals surface area (Å²) in [5.41, 5.74) is 3.15. The predicted molar refractivity (Wildman–Crippen MR) is 99.5 cm³/mol. The van der Waals surface area contributed by atoms with E-state index in [1.165, 1.54) is 0 Å². The van der Waals surface area contributed by atoms with Crippen molar-refractivity contribution in [3.05, 3.63) is 71.9 Å². The van der Waals surface area contributed by atoms with E-state index in [1.807, 2.05) is 61.8 Å². The van der Waals surface area contributed by atoms with Gasteiger partial charge in [-0.25, -0.2) is 0 Å². The number of benzene rings is 2. The van der Waals surface area contributed by atoms with Gasteiger partial charge in [-0.15, -0.1) is 0 Å². The predicted octanol–water partition coefficient (Wildman–Crippen LogP) is 3.83. The molecule has 1 aromatic heterocycles. The summed E-state index contributed by atoms with van der Waals surface area (Å²) in [5, 5.41) is 1.10. The van der Waals surface area contributed by atoms with Crippen molar-refractivity contribution in [3.8, 4) is 5.75 Å². The highest BCUT2D eigenvalue weighted by Gasteiger charge is 2.10. The fourth-order valence-corrected chi connectivity index (χ4v) is 2.80. The molecule has 0 saturated heterocycles. The first kappa shape index (κ1) is 17.0. The molecule has 0 spiro atoms. The second-order valence-corrected chi connectivity index (χ2v) is 6.13. The standard InChI is InChI=1S/C21H22N2O2/c1-23(15-17-13-18-5-3-4-6-20(18)22-14-17)21(24)12-9-16-7-10-19(25-2)11-8-16/h3-8,10-11,13-14H,9,12,15H2,1-2H3. The van der Waals surface area contributed by atoms with E-state index in [-0.39, 0.29) is 5.91 Å². The number of hydrogen-bond acceptors (Lipinski definition) is 3. The van der Waals surface area contributed by atoms with Crippen molar-refractivity contribution in [3.63, 3.8) is 0 Å². The molecule has 0 aliphatic carbocycles. The number of carbonyl (C=O) groups excluding carboxylic acids is 1. The lowest BCUT2D eigenvalue weighted by atomic mass is 10.1. The van der Waals surface area contributed by atoms with Crippen LogP contribution in [0.15, 0.2) is 60.8 Å². The maximum atomic E-state index is 12.4. The first-order valence-corrected chi connectivity index (χ1v) is 8.36. The summed E-state index contributed by atoms with van der Waals surface area (Å²) in [4.78, 5) is 18.6. The SMILES string of the molecule is COc1ccc(CCC(=O)N(C)Cc2cnc3ccccc3c2)cc1. The molecule has 4 heteroatoms. The molecule has 128 valence electrons. The molecule has 2 aromatic carbocycles. The lowest BCUT2D eigenvalue weighted by molar-refractivity contribution is -0.130. The number of fused-ring (bicyclic) bond motifs is 1. The summed E-state index contributed by atoms with van der Waals surface area (Å²) >= 11 is 0. The van der Waals surface area contributed by atoms with Gasteiger partial charge in [0.2, 0.25) is 5.91 Å². The third-order valence-electron chi connectivity index (χ3n) is 4.28. The van der Waals surface area contributed by atoms with Crippen LogP contribution in [0, 0.1) is 0 Å². The number of rotatable bonds is 6. The molecule has 3 rings (SSSR count). The van der Waals surface area contributed by atoms with Gasteiger partial charge in [0.25, 0.3) is 0 Å². The zero-order valence-electron chi connectivity index (χ0n) is 14.6. The Bertz CT molecular complexity index is 859. The summed E-state index contributed by atoms with van der Waals surface area (Å²) in [6.07, 6.45) is 3.06. The Kier molecular flexibility index (Phi) is 5.29. The van der Waals surface area contributed by atoms with Crippen LogP contribution in [0.3, 0.4) is 0 Å². The van der Waals surface area contributed by atoms with E-state index in [1.54, 1.807) is 12.0 Å². The number of ether oxygens (including phenoxy) is 1. The molecule has 0 radical (unpaired) electrons. The van der Waals surface area contributed by atoms with Gasteiger partial charge in [0.1, 0.15) is 5.75 Å². The third-order valence-corrected chi connectivity index (χ3v) is 4.28. The molecule has 0 N–H and O–H groups in total. The Balaban J connectivity index is 1.57. The van der Waals surface area contributed by atoms with Crippen molar-refractivity contribution in [2.24, 2.45) is 0 Å². The van der Waals surface area contributed by atoms with Gasteiger partial charge in [0.05, 0.1) is 12.6 Å². The van der Waals surface area contributed by atoms with Gasteiger partial charge in [-0.2, -0.15) is 0 Å². The van der Waals surface area contributed by atoms with Crippen LogP contribution in [0.2, 0.25) is 0 Å². The van der Waals surface area contributed by atoms with Gasteiger partial charge in [0, 0.05) is 31.6 Å². The van der Waals surface area contributed by atoms with E-state index in [2.05, 4.69) is 11.1 Å². The van der Waals surface area contributed by atoms with E-state index in [9.17, 15) is 4.79 Å². The van der Waals surface area contributed by atoms with E-state index in [4.69, 9.17) is 4.74 Å². The number of para-hydroxylation sites is 1. The smallest absolute Gasteiger partial charge is 0.222 e.